The van der Waals surface area contributed by atoms with Crippen LogP contribution in [-0.2, 0) is 19.6 Å². The zero-order chi connectivity index (χ0) is 23.8. The lowest BCUT2D eigenvalue weighted by molar-refractivity contribution is -0.134. The summed E-state index contributed by atoms with van der Waals surface area (Å²) in [5, 5.41) is 8.88. The van der Waals surface area contributed by atoms with Gasteiger partial charge in [0.05, 0.1) is 17.4 Å². The number of nitrogens with zero attached hydrogens (tertiary/aromatic N) is 4. The van der Waals surface area contributed by atoms with E-state index in [1.807, 2.05) is 12.1 Å². The molecule has 0 saturated carbocycles. The molecule has 3 rings (SSSR count). The van der Waals surface area contributed by atoms with Crippen LogP contribution in [0.25, 0.3) is 0 Å². The van der Waals surface area contributed by atoms with Crippen molar-refractivity contribution in [2.24, 2.45) is 0 Å². The molecule has 0 unspecified atom stereocenters. The van der Waals surface area contributed by atoms with E-state index >= 15 is 0 Å². The lowest BCUT2D eigenvalue weighted by atomic mass is 10.2. The third kappa shape index (κ3) is 6.15. The van der Waals surface area contributed by atoms with Gasteiger partial charge in [-0.3, -0.25) is 9.59 Å². The van der Waals surface area contributed by atoms with Crippen molar-refractivity contribution in [3.63, 3.8) is 0 Å². The number of piperazine rings is 1. The highest BCUT2D eigenvalue weighted by atomic mass is 32.2. The first kappa shape index (κ1) is 24.4. The molecule has 8 nitrogen and oxygen atoms in total. The fourth-order valence-corrected chi connectivity index (χ4v) is 5.08. The minimum Gasteiger partial charge on any atom is -0.340 e. The van der Waals surface area contributed by atoms with Crippen LogP contribution in [0.5, 0.6) is 0 Å². The number of amides is 2. The zero-order valence-electron chi connectivity index (χ0n) is 18.1. The van der Waals surface area contributed by atoms with Crippen LogP contribution < -0.4 is 4.90 Å². The Morgan fingerprint density at radius 3 is 2.33 bits per heavy atom. The SMILES string of the molecule is N#CCCN(C(=O)CCC(=O)N1CCN(S(=O)(=O)c2cccc(F)c2)CC1)c1ccccc1. The van der Waals surface area contributed by atoms with Gasteiger partial charge in [-0.25, -0.2) is 12.8 Å². The fraction of sp³-hybridized carbons (Fsp3) is 0.348. The highest BCUT2D eigenvalue weighted by Gasteiger charge is 2.30. The van der Waals surface area contributed by atoms with Gasteiger partial charge in [0.2, 0.25) is 21.8 Å². The van der Waals surface area contributed by atoms with Gasteiger partial charge in [0.1, 0.15) is 5.82 Å². The smallest absolute Gasteiger partial charge is 0.243 e. The molecule has 1 aliphatic heterocycles. The van der Waals surface area contributed by atoms with Crippen LogP contribution in [0, 0.1) is 17.1 Å². The summed E-state index contributed by atoms with van der Waals surface area (Å²) in [7, 11) is -3.84. The first-order valence-corrected chi connectivity index (χ1v) is 12.0. The van der Waals surface area contributed by atoms with Crippen LogP contribution in [0.15, 0.2) is 59.5 Å². The van der Waals surface area contributed by atoms with Gasteiger partial charge in [-0.05, 0) is 30.3 Å². The quantitative estimate of drug-likeness (QED) is 0.587. The minimum absolute atomic E-state index is 0.00856. The highest BCUT2D eigenvalue weighted by Crippen LogP contribution is 2.20. The van der Waals surface area contributed by atoms with E-state index in [1.165, 1.54) is 32.3 Å². The number of rotatable bonds is 8. The molecular weight excluding hydrogens is 447 g/mol. The predicted molar refractivity (Wildman–Crippen MR) is 120 cm³/mol. The molecule has 0 spiro atoms. The van der Waals surface area contributed by atoms with Crippen LogP contribution in [-0.4, -0.2) is 62.2 Å². The molecule has 1 aliphatic rings. The summed E-state index contributed by atoms with van der Waals surface area (Å²) in [5.74, 6) is -1.12. The first-order valence-electron chi connectivity index (χ1n) is 10.6. The van der Waals surface area contributed by atoms with E-state index in [0.717, 1.165) is 6.07 Å². The normalized spacial score (nSPS) is 14.5. The molecule has 0 aliphatic carbocycles. The maximum Gasteiger partial charge on any atom is 0.243 e. The third-order valence-corrected chi connectivity index (χ3v) is 7.29. The van der Waals surface area contributed by atoms with Gasteiger partial charge in [0.25, 0.3) is 0 Å². The van der Waals surface area contributed by atoms with Crippen LogP contribution in [0.4, 0.5) is 10.1 Å². The highest BCUT2D eigenvalue weighted by molar-refractivity contribution is 7.89. The van der Waals surface area contributed by atoms with E-state index in [1.54, 1.807) is 24.3 Å². The summed E-state index contributed by atoms with van der Waals surface area (Å²) < 4.78 is 40.1. The Balaban J connectivity index is 1.54. The second-order valence-corrected chi connectivity index (χ2v) is 9.47. The fourth-order valence-electron chi connectivity index (χ4n) is 3.63. The zero-order valence-corrected chi connectivity index (χ0v) is 18.9. The second-order valence-electron chi connectivity index (χ2n) is 7.53. The summed E-state index contributed by atoms with van der Waals surface area (Å²) in [4.78, 5) is 28.3. The van der Waals surface area contributed by atoms with Crippen molar-refractivity contribution in [1.82, 2.24) is 9.21 Å². The Morgan fingerprint density at radius 2 is 1.70 bits per heavy atom. The number of para-hydroxylation sites is 1. The summed E-state index contributed by atoms with van der Waals surface area (Å²) in [6.45, 7) is 0.814. The number of carbonyl (C=O) groups excluding carboxylic acids is 2. The standard InChI is InChI=1S/C23H25FN4O4S/c24-19-6-4-9-21(18-19)33(31,32)27-16-14-26(15-17-27)22(29)10-11-23(30)28(13-5-12-25)20-7-2-1-3-8-20/h1-4,6-9,18H,5,10-11,13-17H2. The van der Waals surface area contributed by atoms with E-state index in [-0.39, 0.29) is 68.7 Å². The Labute approximate surface area is 192 Å². The Kier molecular flexibility index (Phi) is 8.14. The van der Waals surface area contributed by atoms with Crippen LogP contribution in [0.2, 0.25) is 0 Å². The lowest BCUT2D eigenvalue weighted by Gasteiger charge is -2.34. The van der Waals surface area contributed by atoms with Crippen molar-refractivity contribution >= 4 is 27.5 Å². The van der Waals surface area contributed by atoms with Gasteiger partial charge in [-0.1, -0.05) is 24.3 Å². The van der Waals surface area contributed by atoms with Crippen molar-refractivity contribution in [2.75, 3.05) is 37.6 Å². The Hall–Kier alpha value is -3.29. The molecule has 0 bridgehead atoms. The molecular formula is C23H25FN4O4S. The van der Waals surface area contributed by atoms with Gasteiger partial charge in [0, 0.05) is 51.3 Å². The first-order chi connectivity index (χ1) is 15.8. The van der Waals surface area contributed by atoms with Crippen molar-refractivity contribution in [2.45, 2.75) is 24.2 Å². The summed E-state index contributed by atoms with van der Waals surface area (Å²) in [6.07, 6.45) is 0.155. The van der Waals surface area contributed by atoms with Crippen molar-refractivity contribution in [3.05, 3.63) is 60.4 Å². The maximum atomic E-state index is 13.4. The van der Waals surface area contributed by atoms with Crippen LogP contribution in [0.3, 0.4) is 0 Å². The monoisotopic (exact) mass is 472 g/mol. The number of halogens is 1. The van der Waals surface area contributed by atoms with Crippen molar-refractivity contribution in [1.29, 1.82) is 5.26 Å². The topological polar surface area (TPSA) is 102 Å². The average Bonchev–Trinajstić information content (AvgIpc) is 2.83. The van der Waals surface area contributed by atoms with Gasteiger partial charge >= 0.3 is 0 Å². The molecule has 0 N–H and O–H groups in total. The third-order valence-electron chi connectivity index (χ3n) is 5.39. The number of benzene rings is 2. The van der Waals surface area contributed by atoms with E-state index in [0.29, 0.717) is 5.69 Å². The summed E-state index contributed by atoms with van der Waals surface area (Å²) in [5.41, 5.74) is 0.668. The van der Waals surface area contributed by atoms with Gasteiger partial charge in [0.15, 0.2) is 0 Å². The number of hydrogen-bond acceptors (Lipinski definition) is 5. The molecule has 1 heterocycles. The molecule has 0 aromatic heterocycles. The number of hydrogen-bond donors (Lipinski definition) is 0. The molecule has 0 radical (unpaired) electrons. The number of anilines is 1. The molecule has 2 aromatic carbocycles. The average molecular weight is 473 g/mol. The second kappa shape index (κ2) is 11.0. The Bertz CT molecular complexity index is 1130. The van der Waals surface area contributed by atoms with E-state index in [4.69, 9.17) is 5.26 Å². The van der Waals surface area contributed by atoms with E-state index in [2.05, 4.69) is 0 Å². The molecule has 174 valence electrons. The molecule has 0 atom stereocenters. The van der Waals surface area contributed by atoms with Gasteiger partial charge in [-0.15, -0.1) is 0 Å². The predicted octanol–water partition coefficient (Wildman–Crippen LogP) is 2.39. The van der Waals surface area contributed by atoms with Crippen LogP contribution in [0.1, 0.15) is 19.3 Å². The van der Waals surface area contributed by atoms with Crippen molar-refractivity contribution in [3.8, 4) is 6.07 Å². The molecule has 33 heavy (non-hydrogen) atoms. The molecule has 1 fully saturated rings. The molecule has 10 heteroatoms. The van der Waals surface area contributed by atoms with Gasteiger partial charge < -0.3 is 9.80 Å². The number of nitriles is 1. The molecule has 2 aromatic rings. The van der Waals surface area contributed by atoms with E-state index < -0.39 is 15.8 Å². The number of sulfonamides is 1. The minimum atomic E-state index is -3.84. The van der Waals surface area contributed by atoms with Gasteiger partial charge in [-0.2, -0.15) is 9.57 Å². The molecule has 2 amide bonds. The lowest BCUT2D eigenvalue weighted by Crippen LogP contribution is -2.50. The maximum absolute atomic E-state index is 13.4. The number of carbonyl (C=O) groups is 2. The molecule has 1 saturated heterocycles. The van der Waals surface area contributed by atoms with Crippen LogP contribution >= 0.6 is 0 Å². The summed E-state index contributed by atoms with van der Waals surface area (Å²) in [6, 6.07) is 15.8. The largest absolute Gasteiger partial charge is 0.340 e. The van der Waals surface area contributed by atoms with E-state index in [9.17, 15) is 22.4 Å². The summed E-state index contributed by atoms with van der Waals surface area (Å²) >= 11 is 0. The van der Waals surface area contributed by atoms with Crippen molar-refractivity contribution < 1.29 is 22.4 Å². The Morgan fingerprint density at radius 1 is 1.00 bits per heavy atom.